The molecule has 20 heavy (non-hydrogen) atoms. The number of carbonyl (C=O) groups is 2. The van der Waals surface area contributed by atoms with Crippen LogP contribution in [0.2, 0.25) is 4.34 Å². The summed E-state index contributed by atoms with van der Waals surface area (Å²) in [7, 11) is 0. The molecular weight excluding hydrogens is 318 g/mol. The predicted octanol–water partition coefficient (Wildman–Crippen LogP) is 2.78. The molecule has 7 heteroatoms. The number of thiophene rings is 1. The van der Waals surface area contributed by atoms with Gasteiger partial charge >= 0.3 is 5.97 Å². The normalized spacial score (nSPS) is 21.1. The number of hydrogen-bond acceptors (Lipinski definition) is 4. The third kappa shape index (κ3) is 4.54. The van der Waals surface area contributed by atoms with Crippen molar-refractivity contribution in [1.29, 1.82) is 0 Å². The number of rotatable bonds is 6. The van der Waals surface area contributed by atoms with E-state index in [1.807, 2.05) is 12.1 Å². The molecule has 2 atom stereocenters. The van der Waals surface area contributed by atoms with Crippen molar-refractivity contribution in [3.63, 3.8) is 0 Å². The van der Waals surface area contributed by atoms with Gasteiger partial charge in [-0.2, -0.15) is 0 Å². The van der Waals surface area contributed by atoms with Crippen LogP contribution in [0.3, 0.4) is 0 Å². The van der Waals surface area contributed by atoms with E-state index in [2.05, 4.69) is 5.32 Å². The van der Waals surface area contributed by atoms with Crippen molar-refractivity contribution in [3.8, 4) is 0 Å². The topological polar surface area (TPSA) is 66.4 Å². The van der Waals surface area contributed by atoms with Crippen molar-refractivity contribution in [1.82, 2.24) is 5.32 Å². The number of nitrogens with one attached hydrogen (secondary N) is 1. The van der Waals surface area contributed by atoms with Gasteiger partial charge in [0.05, 0.1) is 16.0 Å². The number of amides is 1. The highest BCUT2D eigenvalue weighted by Crippen LogP contribution is 2.25. The number of carbonyl (C=O) groups excluding carboxylic acids is 1. The number of hydrogen-bond donors (Lipinski definition) is 2. The molecule has 1 aromatic rings. The highest BCUT2D eigenvalue weighted by Gasteiger charge is 2.25. The van der Waals surface area contributed by atoms with E-state index in [0.717, 1.165) is 15.0 Å². The van der Waals surface area contributed by atoms with Crippen LogP contribution in [0.5, 0.6) is 0 Å². The number of carboxylic acids is 1. The first-order valence-corrected chi connectivity index (χ1v) is 8.42. The van der Waals surface area contributed by atoms with Gasteiger partial charge in [0, 0.05) is 16.7 Å². The Bertz CT molecular complexity index is 529. The van der Waals surface area contributed by atoms with Gasteiger partial charge in [-0.25, -0.2) is 0 Å². The highest BCUT2D eigenvalue weighted by molar-refractivity contribution is 7.99. The van der Waals surface area contributed by atoms with E-state index in [0.29, 0.717) is 12.2 Å². The van der Waals surface area contributed by atoms with E-state index in [4.69, 9.17) is 16.7 Å². The largest absolute Gasteiger partial charge is 0.481 e. The smallest absolute Gasteiger partial charge is 0.310 e. The van der Waals surface area contributed by atoms with E-state index in [1.54, 1.807) is 12.2 Å². The maximum atomic E-state index is 11.7. The van der Waals surface area contributed by atoms with Crippen LogP contribution in [0, 0.1) is 5.92 Å². The fourth-order valence-corrected chi connectivity index (χ4v) is 3.95. The molecule has 0 saturated carbocycles. The highest BCUT2D eigenvalue weighted by atomic mass is 35.5. The summed E-state index contributed by atoms with van der Waals surface area (Å²) in [5.41, 5.74) is 0. The third-order valence-electron chi connectivity index (χ3n) is 2.85. The van der Waals surface area contributed by atoms with Crippen molar-refractivity contribution in [3.05, 3.63) is 33.5 Å². The Hall–Kier alpha value is -0.980. The van der Waals surface area contributed by atoms with Crippen LogP contribution in [0.1, 0.15) is 11.3 Å². The number of aliphatic carboxylic acids is 1. The minimum Gasteiger partial charge on any atom is -0.481 e. The zero-order chi connectivity index (χ0) is 14.5. The Morgan fingerprint density at radius 2 is 2.25 bits per heavy atom. The van der Waals surface area contributed by atoms with Gasteiger partial charge in [-0.3, -0.25) is 9.59 Å². The van der Waals surface area contributed by atoms with Crippen LogP contribution in [0.25, 0.3) is 0 Å². The van der Waals surface area contributed by atoms with Crippen LogP contribution in [0.15, 0.2) is 24.3 Å². The van der Waals surface area contributed by atoms with E-state index in [1.165, 1.54) is 23.1 Å². The fourth-order valence-electron chi connectivity index (χ4n) is 1.91. The van der Waals surface area contributed by atoms with Gasteiger partial charge in [-0.1, -0.05) is 23.8 Å². The van der Waals surface area contributed by atoms with E-state index in [-0.39, 0.29) is 11.9 Å². The molecule has 0 aromatic carbocycles. The molecule has 1 amide bonds. The fraction of sp³-hybridized carbons (Fsp3) is 0.385. The molecule has 4 nitrogen and oxygen atoms in total. The van der Waals surface area contributed by atoms with Gasteiger partial charge in [-0.05, 0) is 18.6 Å². The molecule has 1 aliphatic carbocycles. The molecule has 0 bridgehead atoms. The summed E-state index contributed by atoms with van der Waals surface area (Å²) in [6, 6.07) is 3.63. The van der Waals surface area contributed by atoms with Gasteiger partial charge in [0.15, 0.2) is 0 Å². The zero-order valence-electron chi connectivity index (χ0n) is 10.5. The molecule has 1 aromatic heterocycles. The molecule has 2 N–H and O–H groups in total. The number of thioether (sulfide) groups is 1. The first-order chi connectivity index (χ1) is 9.54. The maximum absolute atomic E-state index is 11.7. The molecule has 1 aliphatic rings. The lowest BCUT2D eigenvalue weighted by Gasteiger charge is -2.11. The summed E-state index contributed by atoms with van der Waals surface area (Å²) >= 11 is 8.86. The van der Waals surface area contributed by atoms with Crippen LogP contribution in [-0.4, -0.2) is 28.8 Å². The monoisotopic (exact) mass is 331 g/mol. The molecule has 0 fully saturated rings. The van der Waals surface area contributed by atoms with Gasteiger partial charge in [0.2, 0.25) is 5.91 Å². The quantitative estimate of drug-likeness (QED) is 0.787. The zero-order valence-corrected chi connectivity index (χ0v) is 12.9. The Morgan fingerprint density at radius 3 is 2.85 bits per heavy atom. The summed E-state index contributed by atoms with van der Waals surface area (Å²) in [6.45, 7) is 0. The molecule has 0 saturated heterocycles. The second-order valence-electron chi connectivity index (χ2n) is 4.44. The SMILES string of the molecule is O=C(CSCc1ccc(Cl)s1)NC1C=CC(C(=O)O)C1. The lowest BCUT2D eigenvalue weighted by molar-refractivity contribution is -0.140. The van der Waals surface area contributed by atoms with Crippen LogP contribution in [0.4, 0.5) is 0 Å². The first-order valence-electron chi connectivity index (χ1n) is 6.07. The molecular formula is C13H14ClNO3S2. The average molecular weight is 332 g/mol. The van der Waals surface area contributed by atoms with Gasteiger partial charge < -0.3 is 10.4 Å². The summed E-state index contributed by atoms with van der Waals surface area (Å²) in [5, 5.41) is 11.7. The van der Waals surface area contributed by atoms with Crippen molar-refractivity contribution < 1.29 is 14.7 Å². The van der Waals surface area contributed by atoms with Gasteiger partial charge in [0.25, 0.3) is 0 Å². The summed E-state index contributed by atoms with van der Waals surface area (Å²) in [6.07, 6.45) is 3.82. The van der Waals surface area contributed by atoms with Gasteiger partial charge in [0.1, 0.15) is 0 Å². The Morgan fingerprint density at radius 1 is 1.45 bits per heavy atom. The Kier molecular flexibility index (Phi) is 5.51. The molecule has 1 heterocycles. The average Bonchev–Trinajstić information content (AvgIpc) is 2.99. The second kappa shape index (κ2) is 7.15. The van der Waals surface area contributed by atoms with Crippen LogP contribution >= 0.6 is 34.7 Å². The summed E-state index contributed by atoms with van der Waals surface area (Å²) < 4.78 is 0.751. The maximum Gasteiger partial charge on any atom is 0.310 e. The van der Waals surface area contributed by atoms with E-state index in [9.17, 15) is 9.59 Å². The van der Waals surface area contributed by atoms with Gasteiger partial charge in [-0.15, -0.1) is 23.1 Å². The number of halogens is 1. The summed E-state index contributed by atoms with van der Waals surface area (Å²) in [5.74, 6) is -0.290. The second-order valence-corrected chi connectivity index (χ2v) is 7.22. The minimum absolute atomic E-state index is 0.0710. The lowest BCUT2D eigenvalue weighted by atomic mass is 10.1. The first kappa shape index (κ1) is 15.4. The van der Waals surface area contributed by atoms with Crippen molar-refractivity contribution >= 4 is 46.6 Å². The molecule has 0 aliphatic heterocycles. The van der Waals surface area contributed by atoms with Crippen LogP contribution in [-0.2, 0) is 15.3 Å². The predicted molar refractivity (Wildman–Crippen MR) is 82.3 cm³/mol. The Balaban J connectivity index is 1.66. The molecule has 2 rings (SSSR count). The van der Waals surface area contributed by atoms with Crippen LogP contribution < -0.4 is 5.32 Å². The van der Waals surface area contributed by atoms with Crippen molar-refractivity contribution in [2.24, 2.45) is 5.92 Å². The molecule has 108 valence electrons. The number of carboxylic acid groups (broad SMARTS) is 1. The lowest BCUT2D eigenvalue weighted by Crippen LogP contribution is -2.34. The molecule has 2 unspecified atom stereocenters. The third-order valence-corrected chi connectivity index (χ3v) is 5.25. The summed E-state index contributed by atoms with van der Waals surface area (Å²) in [4.78, 5) is 23.7. The van der Waals surface area contributed by atoms with E-state index < -0.39 is 11.9 Å². The standard InChI is InChI=1S/C13H14ClNO3S2/c14-11-4-3-10(20-11)6-19-7-12(16)15-9-2-1-8(5-9)13(17)18/h1-4,8-9H,5-7H2,(H,15,16)(H,17,18). The minimum atomic E-state index is -0.845. The Labute approximate surface area is 130 Å². The molecule has 0 radical (unpaired) electrons. The van der Waals surface area contributed by atoms with Crippen molar-refractivity contribution in [2.75, 3.05) is 5.75 Å². The van der Waals surface area contributed by atoms with Crippen molar-refractivity contribution in [2.45, 2.75) is 18.2 Å². The molecule has 0 spiro atoms. The van der Waals surface area contributed by atoms with E-state index >= 15 is 0 Å².